The molecule has 0 radical (unpaired) electrons. The molecule has 1 amide bonds. The third kappa shape index (κ3) is 2.89. The number of anilines is 1. The van der Waals surface area contributed by atoms with Crippen molar-refractivity contribution in [3.63, 3.8) is 0 Å². The van der Waals surface area contributed by atoms with Gasteiger partial charge in [0.15, 0.2) is 0 Å². The Morgan fingerprint density at radius 2 is 2.20 bits per heavy atom. The molecule has 0 aliphatic heterocycles. The Morgan fingerprint density at radius 1 is 1.53 bits per heavy atom. The smallest absolute Gasteiger partial charge is 0.232 e. The van der Waals surface area contributed by atoms with E-state index in [4.69, 9.17) is 5.73 Å². The summed E-state index contributed by atoms with van der Waals surface area (Å²) in [6, 6.07) is 5.75. The minimum Gasteiger partial charge on any atom is -0.398 e. The molecule has 0 aliphatic carbocycles. The largest absolute Gasteiger partial charge is 0.398 e. The summed E-state index contributed by atoms with van der Waals surface area (Å²) in [5.74, 6) is 0.0295. The molecule has 1 aromatic carbocycles. The second kappa shape index (κ2) is 5.07. The maximum Gasteiger partial charge on any atom is 0.232 e. The molecule has 1 rings (SSSR count). The van der Waals surface area contributed by atoms with Gasteiger partial charge in [0.2, 0.25) is 5.91 Å². The predicted octanol–water partition coefficient (Wildman–Crippen LogP) is 1.80. The maximum atomic E-state index is 11.3. The zero-order valence-corrected chi connectivity index (χ0v) is 10.0. The van der Waals surface area contributed by atoms with E-state index in [1.54, 1.807) is 7.05 Å². The fourth-order valence-corrected chi connectivity index (χ4v) is 2.26. The van der Waals surface area contributed by atoms with Crippen molar-refractivity contribution in [1.82, 2.24) is 5.32 Å². The molecule has 0 aliphatic rings. The summed E-state index contributed by atoms with van der Waals surface area (Å²) in [5.41, 5.74) is 7.60. The molecule has 0 saturated carbocycles. The van der Waals surface area contributed by atoms with Crippen LogP contribution < -0.4 is 11.1 Å². The fourth-order valence-electron chi connectivity index (χ4n) is 1.21. The average molecular weight is 224 g/mol. The maximum absolute atomic E-state index is 11.3. The van der Waals surface area contributed by atoms with E-state index in [1.807, 2.05) is 32.0 Å². The van der Waals surface area contributed by atoms with E-state index >= 15 is 0 Å². The highest BCUT2D eigenvalue weighted by atomic mass is 32.2. The Kier molecular flexibility index (Phi) is 4.03. The summed E-state index contributed by atoms with van der Waals surface area (Å²) in [6.45, 7) is 3.85. The molecule has 1 aromatic rings. The summed E-state index contributed by atoms with van der Waals surface area (Å²) in [6.07, 6.45) is 0. The van der Waals surface area contributed by atoms with Crippen LogP contribution in [0, 0.1) is 6.92 Å². The summed E-state index contributed by atoms with van der Waals surface area (Å²) in [5, 5.41) is 2.53. The quantitative estimate of drug-likeness (QED) is 0.608. The number of hydrogen-bond donors (Lipinski definition) is 2. The Hall–Kier alpha value is -1.16. The first-order chi connectivity index (χ1) is 7.06. The van der Waals surface area contributed by atoms with Crippen LogP contribution >= 0.6 is 11.8 Å². The van der Waals surface area contributed by atoms with Crippen molar-refractivity contribution in [2.45, 2.75) is 24.0 Å². The zero-order chi connectivity index (χ0) is 11.4. The number of rotatable bonds is 3. The van der Waals surface area contributed by atoms with Gasteiger partial charge in [0, 0.05) is 17.6 Å². The lowest BCUT2D eigenvalue weighted by Gasteiger charge is -2.12. The van der Waals surface area contributed by atoms with Crippen LogP contribution in [0.25, 0.3) is 0 Å². The van der Waals surface area contributed by atoms with Crippen molar-refractivity contribution >= 4 is 23.4 Å². The zero-order valence-electron chi connectivity index (χ0n) is 9.20. The van der Waals surface area contributed by atoms with Crippen LogP contribution in [0.5, 0.6) is 0 Å². The molecule has 0 spiro atoms. The van der Waals surface area contributed by atoms with Gasteiger partial charge in [-0.15, -0.1) is 11.8 Å². The van der Waals surface area contributed by atoms with Crippen LogP contribution in [0.3, 0.4) is 0 Å². The molecule has 4 heteroatoms. The highest BCUT2D eigenvalue weighted by molar-refractivity contribution is 8.00. The van der Waals surface area contributed by atoms with Crippen LogP contribution in [0.15, 0.2) is 23.1 Å². The number of benzene rings is 1. The molecule has 1 atom stereocenters. The number of nitrogens with two attached hydrogens (primary N) is 1. The van der Waals surface area contributed by atoms with Gasteiger partial charge in [-0.3, -0.25) is 4.79 Å². The van der Waals surface area contributed by atoms with Crippen molar-refractivity contribution in [2.75, 3.05) is 12.8 Å². The van der Waals surface area contributed by atoms with Gasteiger partial charge in [0.1, 0.15) is 0 Å². The van der Waals surface area contributed by atoms with Crippen molar-refractivity contribution in [3.8, 4) is 0 Å². The van der Waals surface area contributed by atoms with E-state index in [-0.39, 0.29) is 11.2 Å². The highest BCUT2D eigenvalue weighted by Crippen LogP contribution is 2.29. The number of hydrogen-bond acceptors (Lipinski definition) is 3. The molecule has 82 valence electrons. The summed E-state index contributed by atoms with van der Waals surface area (Å²) < 4.78 is 0. The average Bonchev–Trinajstić information content (AvgIpc) is 2.23. The van der Waals surface area contributed by atoms with Gasteiger partial charge >= 0.3 is 0 Å². The summed E-state index contributed by atoms with van der Waals surface area (Å²) in [4.78, 5) is 12.4. The normalized spacial score (nSPS) is 12.2. The van der Waals surface area contributed by atoms with Crippen LogP contribution in [0.4, 0.5) is 5.69 Å². The van der Waals surface area contributed by atoms with Gasteiger partial charge < -0.3 is 11.1 Å². The number of carbonyl (C=O) groups excluding carboxylic acids is 1. The monoisotopic (exact) mass is 224 g/mol. The predicted molar refractivity (Wildman–Crippen MR) is 65.0 cm³/mol. The first-order valence-corrected chi connectivity index (χ1v) is 5.67. The van der Waals surface area contributed by atoms with Gasteiger partial charge in [-0.05, 0) is 31.5 Å². The summed E-state index contributed by atoms with van der Waals surface area (Å²) in [7, 11) is 1.64. The van der Waals surface area contributed by atoms with E-state index in [9.17, 15) is 4.79 Å². The lowest BCUT2D eigenvalue weighted by atomic mass is 10.2. The van der Waals surface area contributed by atoms with Crippen LogP contribution in [0.1, 0.15) is 12.5 Å². The van der Waals surface area contributed by atoms with Crippen molar-refractivity contribution in [2.24, 2.45) is 0 Å². The first kappa shape index (κ1) is 11.9. The molecule has 0 heterocycles. The second-order valence-electron chi connectivity index (χ2n) is 3.34. The minimum absolute atomic E-state index is 0.0295. The van der Waals surface area contributed by atoms with Crippen molar-refractivity contribution in [3.05, 3.63) is 23.8 Å². The highest BCUT2D eigenvalue weighted by Gasteiger charge is 2.13. The fraction of sp³-hybridized carbons (Fsp3) is 0.364. The van der Waals surface area contributed by atoms with Gasteiger partial charge in [-0.2, -0.15) is 0 Å². The summed E-state index contributed by atoms with van der Waals surface area (Å²) >= 11 is 1.52. The van der Waals surface area contributed by atoms with Gasteiger partial charge in [0.05, 0.1) is 5.25 Å². The SMILES string of the molecule is CNC(=O)C(C)Sc1cccc(N)c1C. The van der Waals surface area contributed by atoms with Gasteiger partial charge in [0.25, 0.3) is 0 Å². The third-order valence-electron chi connectivity index (χ3n) is 2.25. The number of thioether (sulfide) groups is 1. The molecule has 0 aromatic heterocycles. The van der Waals surface area contributed by atoms with Crippen molar-refractivity contribution in [1.29, 1.82) is 0 Å². The molecule has 3 nitrogen and oxygen atoms in total. The van der Waals surface area contributed by atoms with Crippen molar-refractivity contribution < 1.29 is 4.79 Å². The molecular formula is C11H16N2OS. The molecule has 0 bridgehead atoms. The molecule has 0 fully saturated rings. The Bertz CT molecular complexity index is 366. The van der Waals surface area contributed by atoms with Gasteiger partial charge in [-0.1, -0.05) is 6.07 Å². The van der Waals surface area contributed by atoms with Crippen LogP contribution in [-0.2, 0) is 4.79 Å². The number of nitrogen functional groups attached to an aromatic ring is 1. The number of nitrogens with one attached hydrogen (secondary N) is 1. The van der Waals surface area contributed by atoms with E-state index < -0.39 is 0 Å². The standard InChI is InChI=1S/C11H16N2OS/c1-7-9(12)5-4-6-10(7)15-8(2)11(14)13-3/h4-6,8H,12H2,1-3H3,(H,13,14). The van der Waals surface area contributed by atoms with E-state index in [0.29, 0.717) is 0 Å². The Balaban J connectivity index is 2.81. The minimum atomic E-state index is -0.101. The van der Waals surface area contributed by atoms with E-state index in [1.165, 1.54) is 11.8 Å². The molecule has 15 heavy (non-hydrogen) atoms. The molecular weight excluding hydrogens is 208 g/mol. The number of carbonyl (C=O) groups is 1. The van der Waals surface area contributed by atoms with E-state index in [2.05, 4.69) is 5.32 Å². The molecule has 1 unspecified atom stereocenters. The first-order valence-electron chi connectivity index (χ1n) is 4.79. The van der Waals surface area contributed by atoms with Gasteiger partial charge in [-0.25, -0.2) is 0 Å². The lowest BCUT2D eigenvalue weighted by molar-refractivity contribution is -0.119. The Labute approximate surface area is 94.4 Å². The lowest BCUT2D eigenvalue weighted by Crippen LogP contribution is -2.27. The topological polar surface area (TPSA) is 55.1 Å². The molecule has 3 N–H and O–H groups in total. The van der Waals surface area contributed by atoms with E-state index in [0.717, 1.165) is 16.1 Å². The Morgan fingerprint density at radius 3 is 2.80 bits per heavy atom. The molecule has 0 saturated heterocycles. The number of amides is 1. The van der Waals surface area contributed by atoms with Crippen LogP contribution in [-0.4, -0.2) is 18.2 Å². The van der Waals surface area contributed by atoms with Crippen LogP contribution in [0.2, 0.25) is 0 Å². The third-order valence-corrected chi connectivity index (χ3v) is 3.51. The second-order valence-corrected chi connectivity index (χ2v) is 4.73.